The van der Waals surface area contributed by atoms with Crippen molar-refractivity contribution in [2.75, 3.05) is 32.0 Å². The topological polar surface area (TPSA) is 95.8 Å². The zero-order valence-electron chi connectivity index (χ0n) is 13.9. The molecule has 1 saturated heterocycles. The summed E-state index contributed by atoms with van der Waals surface area (Å²) in [5, 5.41) is 6.66. The monoisotopic (exact) mass is 344 g/mol. The zero-order valence-corrected chi connectivity index (χ0v) is 13.9. The molecule has 1 aliphatic heterocycles. The molecule has 1 aromatic carbocycles. The molecule has 8 heteroatoms. The molecule has 0 atom stereocenters. The lowest BCUT2D eigenvalue weighted by molar-refractivity contribution is 0.180. The highest BCUT2D eigenvalue weighted by atomic mass is 19.1. The molecule has 0 saturated carbocycles. The molecule has 132 valence electrons. The van der Waals surface area contributed by atoms with E-state index in [4.69, 9.17) is 10.5 Å². The highest BCUT2D eigenvalue weighted by Gasteiger charge is 2.14. The number of nitrogens with one attached hydrogen (secondary N) is 2. The van der Waals surface area contributed by atoms with Crippen molar-refractivity contribution in [1.82, 2.24) is 25.1 Å². The Kier molecular flexibility index (Phi) is 4.27. The van der Waals surface area contributed by atoms with Crippen LogP contribution in [0.4, 0.5) is 10.1 Å². The van der Waals surface area contributed by atoms with Gasteiger partial charge in [0.05, 0.1) is 22.9 Å². The molecular weight excluding hydrogens is 323 g/mol. The number of likely N-dealkylation sites (tertiary alicyclic amines) is 1. The number of imidazole rings is 1. The van der Waals surface area contributed by atoms with E-state index in [9.17, 15) is 4.39 Å². The van der Waals surface area contributed by atoms with Crippen LogP contribution in [0.1, 0.15) is 19.3 Å². The molecule has 4 N–H and O–H groups in total. The number of rotatable bonds is 5. The third-order valence-corrected chi connectivity index (χ3v) is 4.55. The number of nitrogen functional groups attached to an aromatic ring is 1. The van der Waals surface area contributed by atoms with E-state index in [0.29, 0.717) is 34.8 Å². The molecule has 0 radical (unpaired) electrons. The van der Waals surface area contributed by atoms with E-state index in [1.165, 1.54) is 31.5 Å². The van der Waals surface area contributed by atoms with Crippen LogP contribution in [0.5, 0.6) is 5.75 Å². The number of aromatic amines is 2. The lowest BCUT2D eigenvalue weighted by Crippen LogP contribution is -2.33. The Labute approximate surface area is 144 Å². The first-order chi connectivity index (χ1) is 12.2. The fraction of sp³-hybridized carbons (Fsp3) is 0.412. The molecule has 0 spiro atoms. The van der Waals surface area contributed by atoms with Crippen molar-refractivity contribution in [2.24, 2.45) is 0 Å². The SMILES string of the molecule is Nc1cn[nH]c1-c1nc2cc(OCCN3CCCCC3)c(F)cc2[nH]1. The fourth-order valence-corrected chi connectivity index (χ4v) is 3.19. The minimum Gasteiger partial charge on any atom is -0.489 e. The summed E-state index contributed by atoms with van der Waals surface area (Å²) in [7, 11) is 0. The second kappa shape index (κ2) is 6.72. The first-order valence-corrected chi connectivity index (χ1v) is 8.54. The van der Waals surface area contributed by atoms with Gasteiger partial charge in [-0.05, 0) is 25.9 Å². The number of hydrogen-bond donors (Lipinski definition) is 3. The molecular formula is C17H21FN6O. The van der Waals surface area contributed by atoms with E-state index in [0.717, 1.165) is 19.6 Å². The molecule has 1 fully saturated rings. The molecule has 0 unspecified atom stereocenters. The summed E-state index contributed by atoms with van der Waals surface area (Å²) in [6, 6.07) is 3.02. The minimum absolute atomic E-state index is 0.222. The molecule has 7 nitrogen and oxygen atoms in total. The predicted octanol–water partition coefficient (Wildman–Crippen LogP) is 2.54. The summed E-state index contributed by atoms with van der Waals surface area (Å²) < 4.78 is 19.9. The van der Waals surface area contributed by atoms with Gasteiger partial charge < -0.3 is 15.5 Å². The summed E-state index contributed by atoms with van der Waals surface area (Å²) >= 11 is 0. The minimum atomic E-state index is -0.404. The van der Waals surface area contributed by atoms with Crippen molar-refractivity contribution in [3.8, 4) is 17.3 Å². The summed E-state index contributed by atoms with van der Waals surface area (Å²) in [5.41, 5.74) is 8.12. The summed E-state index contributed by atoms with van der Waals surface area (Å²) in [6.07, 6.45) is 5.27. The Morgan fingerprint density at radius 1 is 1.24 bits per heavy atom. The molecule has 0 amide bonds. The lowest BCUT2D eigenvalue weighted by Gasteiger charge is -2.26. The summed E-state index contributed by atoms with van der Waals surface area (Å²) in [5.74, 6) is 0.342. The maximum absolute atomic E-state index is 14.3. The number of halogens is 1. The van der Waals surface area contributed by atoms with E-state index in [2.05, 4.69) is 25.1 Å². The van der Waals surface area contributed by atoms with E-state index in [1.54, 1.807) is 6.07 Å². The number of ether oxygens (including phenoxy) is 1. The van der Waals surface area contributed by atoms with Gasteiger partial charge in [0.15, 0.2) is 17.4 Å². The molecule has 1 aliphatic rings. The van der Waals surface area contributed by atoms with Gasteiger partial charge >= 0.3 is 0 Å². The highest BCUT2D eigenvalue weighted by Crippen LogP contribution is 2.27. The summed E-state index contributed by atoms with van der Waals surface area (Å²) in [6.45, 7) is 3.47. The van der Waals surface area contributed by atoms with Gasteiger partial charge in [-0.2, -0.15) is 5.10 Å². The van der Waals surface area contributed by atoms with Crippen LogP contribution in [0.2, 0.25) is 0 Å². The van der Waals surface area contributed by atoms with Gasteiger partial charge in [-0.25, -0.2) is 9.37 Å². The average molecular weight is 344 g/mol. The molecule has 4 rings (SSSR count). The summed E-state index contributed by atoms with van der Waals surface area (Å²) in [4.78, 5) is 9.86. The van der Waals surface area contributed by atoms with E-state index < -0.39 is 5.82 Å². The normalized spacial score (nSPS) is 15.7. The first-order valence-electron chi connectivity index (χ1n) is 8.54. The molecule has 0 bridgehead atoms. The van der Waals surface area contributed by atoms with Crippen LogP contribution in [-0.4, -0.2) is 51.3 Å². The lowest BCUT2D eigenvalue weighted by atomic mass is 10.1. The van der Waals surface area contributed by atoms with Gasteiger partial charge in [-0.1, -0.05) is 6.42 Å². The molecule has 0 aliphatic carbocycles. The van der Waals surface area contributed by atoms with E-state index >= 15 is 0 Å². The number of anilines is 1. The predicted molar refractivity (Wildman–Crippen MR) is 93.8 cm³/mol. The molecule has 2 aromatic heterocycles. The zero-order chi connectivity index (χ0) is 17.2. The van der Waals surface area contributed by atoms with E-state index in [-0.39, 0.29) is 5.75 Å². The second-order valence-electron chi connectivity index (χ2n) is 6.34. The van der Waals surface area contributed by atoms with Gasteiger partial charge in [0, 0.05) is 18.7 Å². The number of hydrogen-bond acceptors (Lipinski definition) is 5. The second-order valence-corrected chi connectivity index (χ2v) is 6.34. The van der Waals surface area contributed by atoms with Crippen LogP contribution in [0.25, 0.3) is 22.6 Å². The van der Waals surface area contributed by atoms with Crippen LogP contribution < -0.4 is 10.5 Å². The Morgan fingerprint density at radius 3 is 2.84 bits per heavy atom. The fourth-order valence-electron chi connectivity index (χ4n) is 3.19. The third-order valence-electron chi connectivity index (χ3n) is 4.55. The number of nitrogens with zero attached hydrogens (tertiary/aromatic N) is 3. The maximum atomic E-state index is 14.3. The van der Waals surface area contributed by atoms with Crippen molar-refractivity contribution in [2.45, 2.75) is 19.3 Å². The number of nitrogens with two attached hydrogens (primary N) is 1. The van der Waals surface area contributed by atoms with Crippen LogP contribution in [-0.2, 0) is 0 Å². The number of benzene rings is 1. The van der Waals surface area contributed by atoms with Crippen LogP contribution in [0.15, 0.2) is 18.3 Å². The van der Waals surface area contributed by atoms with Crippen LogP contribution in [0.3, 0.4) is 0 Å². The van der Waals surface area contributed by atoms with Gasteiger partial charge in [0.25, 0.3) is 0 Å². The standard InChI is InChI=1S/C17H21FN6O/c18-11-8-13-14(22-17(21-13)16-12(19)10-20-23-16)9-15(11)25-7-6-24-4-2-1-3-5-24/h8-10H,1-7,19H2,(H,20,23)(H,21,22). The quantitative estimate of drug-likeness (QED) is 0.661. The average Bonchev–Trinajstić information content (AvgIpc) is 3.21. The van der Waals surface area contributed by atoms with Crippen molar-refractivity contribution in [1.29, 1.82) is 0 Å². The maximum Gasteiger partial charge on any atom is 0.167 e. The van der Waals surface area contributed by atoms with Crippen molar-refractivity contribution in [3.63, 3.8) is 0 Å². The van der Waals surface area contributed by atoms with Crippen molar-refractivity contribution >= 4 is 16.7 Å². The largest absolute Gasteiger partial charge is 0.489 e. The first kappa shape index (κ1) is 15.9. The van der Waals surface area contributed by atoms with Crippen LogP contribution in [0, 0.1) is 5.82 Å². The smallest absolute Gasteiger partial charge is 0.167 e. The third kappa shape index (κ3) is 3.30. The van der Waals surface area contributed by atoms with Gasteiger partial charge in [-0.15, -0.1) is 0 Å². The molecule has 25 heavy (non-hydrogen) atoms. The van der Waals surface area contributed by atoms with Gasteiger partial charge in [0.1, 0.15) is 12.3 Å². The van der Waals surface area contributed by atoms with Crippen molar-refractivity contribution in [3.05, 3.63) is 24.1 Å². The number of H-pyrrole nitrogens is 2. The van der Waals surface area contributed by atoms with E-state index in [1.807, 2.05) is 0 Å². The van der Waals surface area contributed by atoms with Gasteiger partial charge in [-0.3, -0.25) is 10.00 Å². The Hall–Kier alpha value is -2.61. The Balaban J connectivity index is 1.49. The molecule has 3 heterocycles. The Morgan fingerprint density at radius 2 is 2.08 bits per heavy atom. The van der Waals surface area contributed by atoms with Crippen LogP contribution >= 0.6 is 0 Å². The van der Waals surface area contributed by atoms with Crippen molar-refractivity contribution < 1.29 is 9.13 Å². The number of aromatic nitrogens is 4. The number of fused-ring (bicyclic) bond motifs is 1. The Bertz CT molecular complexity index is 867. The van der Waals surface area contributed by atoms with Gasteiger partial charge in [0.2, 0.25) is 0 Å². The molecule has 3 aromatic rings. The number of piperidine rings is 1. The highest BCUT2D eigenvalue weighted by molar-refractivity contribution is 5.82.